The Balaban J connectivity index is 1.34. The van der Waals surface area contributed by atoms with E-state index < -0.39 is 0 Å². The van der Waals surface area contributed by atoms with E-state index in [0.29, 0.717) is 23.3 Å². The van der Waals surface area contributed by atoms with Gasteiger partial charge in [0.05, 0.1) is 11.7 Å². The lowest BCUT2D eigenvalue weighted by atomic mass is 9.95. The van der Waals surface area contributed by atoms with Crippen molar-refractivity contribution in [1.82, 2.24) is 40.7 Å². The molecule has 4 N–H and O–H groups in total. The van der Waals surface area contributed by atoms with Gasteiger partial charge < -0.3 is 20.5 Å². The van der Waals surface area contributed by atoms with E-state index in [9.17, 15) is 4.79 Å². The predicted molar refractivity (Wildman–Crippen MR) is 135 cm³/mol. The summed E-state index contributed by atoms with van der Waals surface area (Å²) in [6.45, 7) is 7.64. The van der Waals surface area contributed by atoms with E-state index >= 15 is 0 Å². The van der Waals surface area contributed by atoms with Crippen LogP contribution in [-0.2, 0) is 13.0 Å². The van der Waals surface area contributed by atoms with E-state index in [2.05, 4.69) is 61.8 Å². The highest BCUT2D eigenvalue weighted by Gasteiger charge is 2.40. The number of benzene rings is 1. The highest BCUT2D eigenvalue weighted by molar-refractivity contribution is 5.96. The Hall–Kier alpha value is -3.56. The lowest BCUT2D eigenvalue weighted by Gasteiger charge is -2.26. The van der Waals surface area contributed by atoms with Gasteiger partial charge in [0.15, 0.2) is 5.82 Å². The van der Waals surface area contributed by atoms with Gasteiger partial charge >= 0.3 is 0 Å². The standard InChI is InChI=1S/C26H30N8O/c1-3-19-16(9-27-4-2)10-28-12-21(19)15-5-6-22-20(7-15)24(33-32-22)25-30-13-23(31-25)26(35)34-14-17-8-18(34)11-29-17/h5-7,10,12-13,17-18,27,29H,3-4,8-9,11,14H2,1-2H3,(H,30,31)(H,32,33)/t17-,18-/m0/s1. The van der Waals surface area contributed by atoms with Crippen molar-refractivity contribution in [3.05, 3.63) is 53.6 Å². The fraction of sp³-hybridized carbons (Fsp3) is 0.385. The summed E-state index contributed by atoms with van der Waals surface area (Å²) in [4.78, 5) is 27.3. The molecule has 1 aromatic carbocycles. The molecule has 180 valence electrons. The number of nitrogens with one attached hydrogen (secondary N) is 4. The average molecular weight is 471 g/mol. The number of imidazole rings is 1. The Labute approximate surface area is 203 Å². The first kappa shape index (κ1) is 21.9. The van der Waals surface area contributed by atoms with Crippen LogP contribution in [-0.4, -0.2) is 67.7 Å². The second-order valence-electron chi connectivity index (χ2n) is 9.39. The van der Waals surface area contributed by atoms with Gasteiger partial charge in [-0.25, -0.2) is 4.98 Å². The summed E-state index contributed by atoms with van der Waals surface area (Å²) >= 11 is 0. The molecule has 5 heterocycles. The van der Waals surface area contributed by atoms with Gasteiger partial charge in [0, 0.05) is 55.1 Å². The fourth-order valence-corrected chi connectivity index (χ4v) is 5.49. The number of piperazine rings is 1. The number of hydrogen-bond acceptors (Lipinski definition) is 6. The van der Waals surface area contributed by atoms with Gasteiger partial charge in [-0.2, -0.15) is 5.10 Å². The van der Waals surface area contributed by atoms with Crippen molar-refractivity contribution in [2.75, 3.05) is 19.6 Å². The fourth-order valence-electron chi connectivity index (χ4n) is 5.49. The lowest BCUT2D eigenvalue weighted by molar-refractivity contribution is 0.0710. The van der Waals surface area contributed by atoms with E-state index in [4.69, 9.17) is 0 Å². The van der Waals surface area contributed by atoms with Crippen LogP contribution < -0.4 is 10.6 Å². The third kappa shape index (κ3) is 3.81. The minimum Gasteiger partial charge on any atom is -0.333 e. The molecule has 3 aromatic heterocycles. The Morgan fingerprint density at radius 3 is 2.91 bits per heavy atom. The van der Waals surface area contributed by atoms with Gasteiger partial charge in [0.1, 0.15) is 11.4 Å². The van der Waals surface area contributed by atoms with E-state index in [1.165, 1.54) is 11.1 Å². The summed E-state index contributed by atoms with van der Waals surface area (Å²) in [5.74, 6) is 0.600. The SMILES string of the molecule is CCNCc1cncc(-c2ccc3[nH]nc(-c4ncc(C(=O)N5C[C@@H]6C[C@H]5CN6)[nH]4)c3c2)c1CC. The van der Waals surface area contributed by atoms with Crippen LogP contribution in [0.3, 0.4) is 0 Å². The van der Waals surface area contributed by atoms with Gasteiger partial charge in [-0.1, -0.05) is 19.9 Å². The summed E-state index contributed by atoms with van der Waals surface area (Å²) in [7, 11) is 0. The highest BCUT2D eigenvalue weighted by atomic mass is 16.2. The second kappa shape index (κ2) is 8.90. The third-order valence-electron chi connectivity index (χ3n) is 7.29. The van der Waals surface area contributed by atoms with Crippen molar-refractivity contribution in [2.45, 2.75) is 45.3 Å². The normalized spacial score (nSPS) is 19.2. The monoisotopic (exact) mass is 470 g/mol. The smallest absolute Gasteiger partial charge is 0.272 e. The van der Waals surface area contributed by atoms with Crippen molar-refractivity contribution >= 4 is 16.8 Å². The second-order valence-corrected chi connectivity index (χ2v) is 9.39. The van der Waals surface area contributed by atoms with Gasteiger partial charge in [-0.15, -0.1) is 0 Å². The number of H-pyrrole nitrogens is 2. The average Bonchev–Trinajstić information content (AvgIpc) is 3.69. The molecule has 4 aromatic rings. The summed E-state index contributed by atoms with van der Waals surface area (Å²) < 4.78 is 0. The van der Waals surface area contributed by atoms with Crippen LogP contribution in [0.2, 0.25) is 0 Å². The molecule has 2 aliphatic heterocycles. The van der Waals surface area contributed by atoms with Gasteiger partial charge in [0.25, 0.3) is 5.91 Å². The maximum atomic E-state index is 13.1. The summed E-state index contributed by atoms with van der Waals surface area (Å²) in [6, 6.07) is 6.97. The molecule has 9 nitrogen and oxygen atoms in total. The Kier molecular flexibility index (Phi) is 5.58. The van der Waals surface area contributed by atoms with Crippen molar-refractivity contribution < 1.29 is 4.79 Å². The molecule has 2 fully saturated rings. The Morgan fingerprint density at radius 2 is 2.14 bits per heavy atom. The van der Waals surface area contributed by atoms with E-state index in [0.717, 1.165) is 61.1 Å². The number of aromatic amines is 2. The Morgan fingerprint density at radius 1 is 1.23 bits per heavy atom. The zero-order chi connectivity index (χ0) is 23.9. The maximum absolute atomic E-state index is 13.1. The molecule has 6 rings (SSSR count). The van der Waals surface area contributed by atoms with E-state index in [1.54, 1.807) is 6.20 Å². The summed E-state index contributed by atoms with van der Waals surface area (Å²) in [5.41, 5.74) is 6.88. The molecule has 35 heavy (non-hydrogen) atoms. The maximum Gasteiger partial charge on any atom is 0.272 e. The van der Waals surface area contributed by atoms with Crippen LogP contribution >= 0.6 is 0 Å². The van der Waals surface area contributed by atoms with Gasteiger partial charge in [-0.3, -0.25) is 14.9 Å². The van der Waals surface area contributed by atoms with Crippen LogP contribution in [0.5, 0.6) is 0 Å². The molecule has 2 saturated heterocycles. The number of carbonyl (C=O) groups excluding carboxylic acids is 1. The molecular formula is C26H30N8O. The number of likely N-dealkylation sites (tertiary alicyclic amines) is 1. The molecule has 1 amide bonds. The topological polar surface area (TPSA) is 115 Å². The molecule has 0 spiro atoms. The quantitative estimate of drug-likeness (QED) is 0.330. The number of fused-ring (bicyclic) bond motifs is 3. The number of carbonyl (C=O) groups is 1. The van der Waals surface area contributed by atoms with Crippen molar-refractivity contribution in [1.29, 1.82) is 0 Å². The zero-order valence-corrected chi connectivity index (χ0v) is 20.1. The number of pyridine rings is 1. The number of aromatic nitrogens is 5. The van der Waals surface area contributed by atoms with E-state index in [-0.39, 0.29) is 11.9 Å². The van der Waals surface area contributed by atoms with Crippen LogP contribution in [0.25, 0.3) is 33.5 Å². The van der Waals surface area contributed by atoms with Crippen LogP contribution in [0.15, 0.2) is 36.8 Å². The molecule has 0 radical (unpaired) electrons. The molecule has 9 heteroatoms. The molecule has 2 atom stereocenters. The minimum absolute atomic E-state index is 0.00875. The third-order valence-corrected chi connectivity index (χ3v) is 7.29. The molecular weight excluding hydrogens is 440 g/mol. The molecule has 2 aliphatic rings. The first-order valence-corrected chi connectivity index (χ1v) is 12.4. The van der Waals surface area contributed by atoms with Crippen molar-refractivity contribution in [3.8, 4) is 22.6 Å². The number of amides is 1. The van der Waals surface area contributed by atoms with Crippen LogP contribution in [0.1, 0.15) is 41.9 Å². The predicted octanol–water partition coefficient (Wildman–Crippen LogP) is 2.87. The van der Waals surface area contributed by atoms with Crippen LogP contribution in [0, 0.1) is 0 Å². The lowest BCUT2D eigenvalue weighted by Crippen LogP contribution is -2.46. The largest absolute Gasteiger partial charge is 0.333 e. The molecule has 2 bridgehead atoms. The molecule has 0 saturated carbocycles. The number of rotatable bonds is 7. The zero-order valence-electron chi connectivity index (χ0n) is 20.1. The molecule has 0 aliphatic carbocycles. The molecule has 0 unspecified atom stereocenters. The van der Waals surface area contributed by atoms with Gasteiger partial charge in [-0.05, 0) is 48.2 Å². The first-order valence-electron chi connectivity index (χ1n) is 12.4. The highest BCUT2D eigenvalue weighted by Crippen LogP contribution is 2.32. The van der Waals surface area contributed by atoms with Gasteiger partial charge in [0.2, 0.25) is 0 Å². The number of hydrogen-bond donors (Lipinski definition) is 4. The van der Waals surface area contributed by atoms with Crippen LogP contribution in [0.4, 0.5) is 0 Å². The first-order chi connectivity index (χ1) is 17.2. The van der Waals surface area contributed by atoms with Crippen molar-refractivity contribution in [3.63, 3.8) is 0 Å². The Bertz CT molecular complexity index is 1390. The van der Waals surface area contributed by atoms with E-state index in [1.807, 2.05) is 23.4 Å². The number of nitrogens with zero attached hydrogens (tertiary/aromatic N) is 4. The minimum atomic E-state index is 0.00875. The summed E-state index contributed by atoms with van der Waals surface area (Å²) in [5, 5.41) is 15.4. The summed E-state index contributed by atoms with van der Waals surface area (Å²) in [6.07, 6.45) is 7.48. The van der Waals surface area contributed by atoms with Crippen molar-refractivity contribution in [2.24, 2.45) is 0 Å².